The zero-order valence-electron chi connectivity index (χ0n) is 10.4. The number of benzene rings is 1. The van der Waals surface area contributed by atoms with Gasteiger partial charge < -0.3 is 5.32 Å². The van der Waals surface area contributed by atoms with Gasteiger partial charge in [0.2, 0.25) is 0 Å². The minimum atomic E-state index is -0.343. The second-order valence-electron chi connectivity index (χ2n) is 4.45. The zero-order chi connectivity index (χ0) is 12.3. The molecule has 18 heavy (non-hydrogen) atoms. The van der Waals surface area contributed by atoms with Crippen LogP contribution in [0.1, 0.15) is 12.5 Å². The summed E-state index contributed by atoms with van der Waals surface area (Å²) in [6.45, 7) is 5.91. The van der Waals surface area contributed by atoms with E-state index in [0.717, 1.165) is 31.7 Å². The van der Waals surface area contributed by atoms with Gasteiger partial charge in [0, 0.05) is 44.4 Å². The molecular formula is C12H19N3O2S. The maximum Gasteiger partial charge on any atom is 0.269 e. The Labute approximate surface area is 114 Å². The number of piperazine rings is 1. The highest BCUT2D eigenvalue weighted by molar-refractivity contribution is 7.59. The molecule has 1 saturated heterocycles. The van der Waals surface area contributed by atoms with Gasteiger partial charge in [0.05, 0.1) is 4.92 Å². The molecule has 0 saturated carbocycles. The minimum Gasteiger partial charge on any atom is -0.314 e. The third-order valence-corrected chi connectivity index (χ3v) is 3.15. The Morgan fingerprint density at radius 1 is 1.56 bits per heavy atom. The van der Waals surface area contributed by atoms with E-state index in [2.05, 4.69) is 17.1 Å². The first kappa shape index (κ1) is 14.9. The summed E-state index contributed by atoms with van der Waals surface area (Å²) in [6.07, 6.45) is 0. The topological polar surface area (TPSA) is 58.4 Å². The average Bonchev–Trinajstić information content (AvgIpc) is 2.32. The number of nitrogens with zero attached hydrogens (tertiary/aromatic N) is 2. The van der Waals surface area contributed by atoms with Gasteiger partial charge in [-0.05, 0) is 12.5 Å². The molecule has 1 heterocycles. The molecule has 0 bridgehead atoms. The largest absolute Gasteiger partial charge is 0.314 e. The second-order valence-corrected chi connectivity index (χ2v) is 4.45. The quantitative estimate of drug-likeness (QED) is 0.667. The Hall–Kier alpha value is -1.11. The summed E-state index contributed by atoms with van der Waals surface area (Å²) in [7, 11) is 0. The van der Waals surface area contributed by atoms with Gasteiger partial charge in [-0.3, -0.25) is 15.0 Å². The molecule has 0 aliphatic carbocycles. The molecule has 1 atom stereocenters. The van der Waals surface area contributed by atoms with Gasteiger partial charge in [-0.2, -0.15) is 13.5 Å². The van der Waals surface area contributed by atoms with Crippen molar-refractivity contribution >= 4 is 19.2 Å². The number of nitrogens with one attached hydrogen (secondary N) is 1. The van der Waals surface area contributed by atoms with Crippen LogP contribution in [0.25, 0.3) is 0 Å². The molecule has 1 aromatic carbocycles. The van der Waals surface area contributed by atoms with Crippen LogP contribution in [0.3, 0.4) is 0 Å². The van der Waals surface area contributed by atoms with E-state index < -0.39 is 0 Å². The van der Waals surface area contributed by atoms with Crippen molar-refractivity contribution in [1.29, 1.82) is 0 Å². The number of rotatable bonds is 3. The van der Waals surface area contributed by atoms with Gasteiger partial charge in [-0.15, -0.1) is 0 Å². The van der Waals surface area contributed by atoms with Crippen molar-refractivity contribution in [2.45, 2.75) is 19.5 Å². The Morgan fingerprint density at radius 2 is 2.33 bits per heavy atom. The fourth-order valence-electron chi connectivity index (χ4n) is 2.12. The van der Waals surface area contributed by atoms with Crippen LogP contribution < -0.4 is 5.32 Å². The minimum absolute atomic E-state index is 0. The van der Waals surface area contributed by atoms with E-state index in [0.29, 0.717) is 6.04 Å². The van der Waals surface area contributed by atoms with Crippen LogP contribution in [-0.4, -0.2) is 35.5 Å². The molecule has 0 amide bonds. The fraction of sp³-hybridized carbons (Fsp3) is 0.500. The maximum atomic E-state index is 10.7. The molecule has 1 N–H and O–H groups in total. The number of nitro benzene ring substituents is 1. The molecule has 0 radical (unpaired) electrons. The van der Waals surface area contributed by atoms with Gasteiger partial charge >= 0.3 is 0 Å². The smallest absolute Gasteiger partial charge is 0.269 e. The van der Waals surface area contributed by atoms with Crippen molar-refractivity contribution in [3.8, 4) is 0 Å². The van der Waals surface area contributed by atoms with Crippen LogP contribution in [-0.2, 0) is 6.54 Å². The van der Waals surface area contributed by atoms with Crippen LogP contribution >= 0.6 is 13.5 Å². The molecule has 5 nitrogen and oxygen atoms in total. The molecule has 0 aromatic heterocycles. The lowest BCUT2D eigenvalue weighted by molar-refractivity contribution is -0.384. The van der Waals surface area contributed by atoms with E-state index >= 15 is 0 Å². The van der Waals surface area contributed by atoms with E-state index in [-0.39, 0.29) is 24.1 Å². The van der Waals surface area contributed by atoms with Gasteiger partial charge in [-0.1, -0.05) is 12.1 Å². The molecular weight excluding hydrogens is 250 g/mol. The predicted molar refractivity (Wildman–Crippen MR) is 76.2 cm³/mol. The number of non-ortho nitro benzene ring substituents is 1. The summed E-state index contributed by atoms with van der Waals surface area (Å²) < 4.78 is 0. The van der Waals surface area contributed by atoms with Crippen LogP contribution in [0.2, 0.25) is 0 Å². The number of nitro groups is 1. The Bertz CT molecular complexity index is 414. The van der Waals surface area contributed by atoms with Crippen LogP contribution in [0, 0.1) is 10.1 Å². The van der Waals surface area contributed by atoms with E-state index in [4.69, 9.17) is 0 Å². The van der Waals surface area contributed by atoms with E-state index in [9.17, 15) is 10.1 Å². The van der Waals surface area contributed by atoms with Gasteiger partial charge in [0.25, 0.3) is 5.69 Å². The van der Waals surface area contributed by atoms with Gasteiger partial charge in [0.15, 0.2) is 0 Å². The van der Waals surface area contributed by atoms with Crippen LogP contribution in [0.4, 0.5) is 5.69 Å². The summed E-state index contributed by atoms with van der Waals surface area (Å²) in [6, 6.07) is 7.37. The molecule has 1 unspecified atom stereocenters. The number of hydrogen-bond donors (Lipinski definition) is 1. The summed E-state index contributed by atoms with van der Waals surface area (Å²) in [5.41, 5.74) is 1.18. The summed E-state index contributed by atoms with van der Waals surface area (Å²) in [4.78, 5) is 12.7. The summed E-state index contributed by atoms with van der Waals surface area (Å²) in [5.74, 6) is 0. The third-order valence-electron chi connectivity index (χ3n) is 3.15. The lowest BCUT2D eigenvalue weighted by Crippen LogP contribution is -2.49. The van der Waals surface area contributed by atoms with Crippen molar-refractivity contribution in [3.05, 3.63) is 39.9 Å². The highest BCUT2D eigenvalue weighted by Crippen LogP contribution is 2.16. The summed E-state index contributed by atoms with van der Waals surface area (Å²) >= 11 is 0. The lowest BCUT2D eigenvalue weighted by Gasteiger charge is -2.33. The van der Waals surface area contributed by atoms with Crippen molar-refractivity contribution < 1.29 is 4.92 Å². The molecule has 1 aromatic rings. The molecule has 1 fully saturated rings. The first-order chi connectivity index (χ1) is 8.16. The van der Waals surface area contributed by atoms with Crippen molar-refractivity contribution in [3.63, 3.8) is 0 Å². The molecule has 100 valence electrons. The van der Waals surface area contributed by atoms with Gasteiger partial charge in [0.1, 0.15) is 0 Å². The second kappa shape index (κ2) is 6.72. The Morgan fingerprint density at radius 3 is 3.00 bits per heavy atom. The van der Waals surface area contributed by atoms with Crippen LogP contribution in [0.15, 0.2) is 24.3 Å². The molecule has 0 spiro atoms. The highest BCUT2D eigenvalue weighted by Gasteiger charge is 2.18. The molecule has 6 heteroatoms. The van der Waals surface area contributed by atoms with E-state index in [1.54, 1.807) is 12.1 Å². The van der Waals surface area contributed by atoms with Crippen molar-refractivity contribution in [1.82, 2.24) is 10.2 Å². The third kappa shape index (κ3) is 3.69. The molecule has 1 aliphatic heterocycles. The molecule has 2 rings (SSSR count). The SMILES string of the molecule is CC1CNCCN1Cc1cccc([N+](=O)[O-])c1.S. The van der Waals surface area contributed by atoms with Crippen LogP contribution in [0.5, 0.6) is 0 Å². The summed E-state index contributed by atoms with van der Waals surface area (Å²) in [5, 5.41) is 14.0. The molecule has 1 aliphatic rings. The van der Waals surface area contributed by atoms with Crippen molar-refractivity contribution in [2.24, 2.45) is 0 Å². The average molecular weight is 269 g/mol. The lowest BCUT2D eigenvalue weighted by atomic mass is 10.1. The first-order valence-corrected chi connectivity index (χ1v) is 5.85. The maximum absolute atomic E-state index is 10.7. The zero-order valence-corrected chi connectivity index (χ0v) is 11.4. The highest BCUT2D eigenvalue weighted by atomic mass is 32.1. The van der Waals surface area contributed by atoms with E-state index in [1.807, 2.05) is 6.07 Å². The number of hydrogen-bond acceptors (Lipinski definition) is 4. The van der Waals surface area contributed by atoms with Crippen molar-refractivity contribution in [2.75, 3.05) is 19.6 Å². The van der Waals surface area contributed by atoms with Gasteiger partial charge in [-0.25, -0.2) is 0 Å². The first-order valence-electron chi connectivity index (χ1n) is 5.85. The Balaban J connectivity index is 0.00000162. The normalized spacial score (nSPS) is 20.2. The fourth-order valence-corrected chi connectivity index (χ4v) is 2.12. The standard InChI is InChI=1S/C12H17N3O2.H2S/c1-10-8-13-5-6-14(10)9-11-3-2-4-12(7-11)15(16)17;/h2-4,7,10,13H,5-6,8-9H2,1H3;1H2. The monoisotopic (exact) mass is 269 g/mol. The Kier molecular flexibility index (Phi) is 5.58. The van der Waals surface area contributed by atoms with E-state index in [1.165, 1.54) is 6.07 Å². The predicted octanol–water partition coefficient (Wildman–Crippen LogP) is 1.50.